The molecule has 4 heterocycles. The maximum atomic E-state index is 13.7. The van der Waals surface area contributed by atoms with E-state index in [0.717, 1.165) is 71.1 Å². The minimum absolute atomic E-state index is 0.219. The molecule has 176 valence electrons. The van der Waals surface area contributed by atoms with Gasteiger partial charge in [0.05, 0.1) is 44.4 Å². The number of likely N-dealkylation sites (tertiary alicyclic amines) is 1. The molecule has 4 aliphatic heterocycles. The van der Waals surface area contributed by atoms with Crippen LogP contribution in [0.3, 0.4) is 0 Å². The highest BCUT2D eigenvalue weighted by atomic mass is 16.5. The second-order valence-electron chi connectivity index (χ2n) is 10.3. The standard InChI is InChI=1S/C26H39N3O3/c1-19-5-6-21(13-20(19)2)14-25(30)29-11-10-28(15-22-7-12-31-16-22)24-18-32-17-23(26(24)29)27-8-3-4-9-27/h5-6,13,22-24,26H,3-4,7-12,14-18H2,1-2H3/t22?,23?,24?,26-/m1/s1. The van der Waals surface area contributed by atoms with Gasteiger partial charge < -0.3 is 14.4 Å². The Morgan fingerprint density at radius 2 is 1.78 bits per heavy atom. The summed E-state index contributed by atoms with van der Waals surface area (Å²) in [5.41, 5.74) is 3.67. The lowest BCUT2D eigenvalue weighted by Crippen LogP contribution is -2.71. The molecule has 4 saturated heterocycles. The Bertz CT molecular complexity index is 804. The van der Waals surface area contributed by atoms with Crippen LogP contribution in [0.25, 0.3) is 0 Å². The molecular formula is C26H39N3O3. The number of ether oxygens (including phenoxy) is 2. The van der Waals surface area contributed by atoms with Gasteiger partial charge in [0.15, 0.2) is 0 Å². The average Bonchev–Trinajstić information content (AvgIpc) is 3.50. The Morgan fingerprint density at radius 1 is 0.969 bits per heavy atom. The van der Waals surface area contributed by atoms with Crippen LogP contribution >= 0.6 is 0 Å². The maximum absolute atomic E-state index is 13.7. The van der Waals surface area contributed by atoms with Crippen molar-refractivity contribution in [2.75, 3.05) is 59.2 Å². The van der Waals surface area contributed by atoms with E-state index in [0.29, 0.717) is 18.4 Å². The van der Waals surface area contributed by atoms with Crippen molar-refractivity contribution < 1.29 is 14.3 Å². The van der Waals surface area contributed by atoms with E-state index in [1.807, 2.05) is 0 Å². The van der Waals surface area contributed by atoms with Crippen LogP contribution in [-0.4, -0.2) is 97.9 Å². The van der Waals surface area contributed by atoms with Crippen molar-refractivity contribution in [2.45, 2.75) is 57.7 Å². The molecule has 4 aliphatic rings. The third kappa shape index (κ3) is 4.60. The zero-order valence-corrected chi connectivity index (χ0v) is 19.8. The van der Waals surface area contributed by atoms with Gasteiger partial charge >= 0.3 is 0 Å². The molecule has 0 N–H and O–H groups in total. The first-order valence-electron chi connectivity index (χ1n) is 12.6. The highest BCUT2D eigenvalue weighted by Crippen LogP contribution is 2.31. The van der Waals surface area contributed by atoms with Gasteiger partial charge in [0.25, 0.3) is 0 Å². The molecular weight excluding hydrogens is 402 g/mol. The fraction of sp³-hybridized carbons (Fsp3) is 0.731. The van der Waals surface area contributed by atoms with Crippen molar-refractivity contribution in [2.24, 2.45) is 5.92 Å². The molecule has 0 aliphatic carbocycles. The highest BCUT2D eigenvalue weighted by Gasteiger charge is 2.48. The van der Waals surface area contributed by atoms with Gasteiger partial charge in [-0.2, -0.15) is 0 Å². The third-order valence-electron chi connectivity index (χ3n) is 8.20. The van der Waals surface area contributed by atoms with E-state index in [-0.39, 0.29) is 18.0 Å². The number of benzene rings is 1. The molecule has 5 rings (SSSR count). The van der Waals surface area contributed by atoms with Crippen LogP contribution < -0.4 is 0 Å². The van der Waals surface area contributed by atoms with Crippen LogP contribution in [0, 0.1) is 19.8 Å². The van der Waals surface area contributed by atoms with Gasteiger partial charge in [-0.15, -0.1) is 0 Å². The Balaban J connectivity index is 1.36. The third-order valence-corrected chi connectivity index (χ3v) is 8.20. The lowest BCUT2D eigenvalue weighted by atomic mass is 9.90. The van der Waals surface area contributed by atoms with Crippen LogP contribution in [0.1, 0.15) is 36.0 Å². The second kappa shape index (κ2) is 9.80. The molecule has 1 aromatic rings. The van der Waals surface area contributed by atoms with E-state index in [1.54, 1.807) is 0 Å². The Kier molecular flexibility index (Phi) is 6.84. The molecule has 1 amide bonds. The monoisotopic (exact) mass is 441 g/mol. The van der Waals surface area contributed by atoms with E-state index in [2.05, 4.69) is 46.7 Å². The quantitative estimate of drug-likeness (QED) is 0.701. The van der Waals surface area contributed by atoms with Gasteiger partial charge in [-0.3, -0.25) is 14.6 Å². The fourth-order valence-corrected chi connectivity index (χ4v) is 6.21. The summed E-state index contributed by atoms with van der Waals surface area (Å²) in [6, 6.07) is 7.26. The van der Waals surface area contributed by atoms with Gasteiger partial charge in [-0.05, 0) is 68.8 Å². The van der Waals surface area contributed by atoms with Gasteiger partial charge in [-0.25, -0.2) is 0 Å². The lowest BCUT2D eigenvalue weighted by molar-refractivity contribution is -0.153. The molecule has 4 fully saturated rings. The van der Waals surface area contributed by atoms with E-state index in [9.17, 15) is 4.79 Å². The van der Waals surface area contributed by atoms with Crippen LogP contribution in [-0.2, 0) is 20.7 Å². The summed E-state index contributed by atoms with van der Waals surface area (Å²) in [4.78, 5) is 21.1. The van der Waals surface area contributed by atoms with Gasteiger partial charge in [-0.1, -0.05) is 18.2 Å². The molecule has 0 spiro atoms. The van der Waals surface area contributed by atoms with Gasteiger partial charge in [0, 0.05) is 26.2 Å². The minimum atomic E-state index is 0.219. The Hall–Kier alpha value is -1.47. The van der Waals surface area contributed by atoms with E-state index < -0.39 is 0 Å². The van der Waals surface area contributed by atoms with Gasteiger partial charge in [0.2, 0.25) is 5.91 Å². The summed E-state index contributed by atoms with van der Waals surface area (Å²) in [6.45, 7) is 12.6. The topological polar surface area (TPSA) is 45.3 Å². The van der Waals surface area contributed by atoms with Gasteiger partial charge in [0.1, 0.15) is 0 Å². The number of nitrogens with zero attached hydrogens (tertiary/aromatic N) is 3. The van der Waals surface area contributed by atoms with Crippen LogP contribution in [0.4, 0.5) is 0 Å². The lowest BCUT2D eigenvalue weighted by Gasteiger charge is -2.54. The summed E-state index contributed by atoms with van der Waals surface area (Å²) in [7, 11) is 0. The number of piperazine rings is 1. The molecule has 0 bridgehead atoms. The van der Waals surface area contributed by atoms with Crippen LogP contribution in [0.2, 0.25) is 0 Å². The average molecular weight is 442 g/mol. The number of amides is 1. The first-order chi connectivity index (χ1) is 15.6. The predicted octanol–water partition coefficient (Wildman–Crippen LogP) is 2.26. The maximum Gasteiger partial charge on any atom is 0.227 e. The molecule has 3 unspecified atom stereocenters. The van der Waals surface area contributed by atoms with Crippen molar-refractivity contribution in [3.8, 4) is 0 Å². The zero-order chi connectivity index (χ0) is 22.1. The van der Waals surface area contributed by atoms with E-state index >= 15 is 0 Å². The van der Waals surface area contributed by atoms with E-state index in [4.69, 9.17) is 9.47 Å². The summed E-state index contributed by atoms with van der Waals surface area (Å²) in [5.74, 6) is 0.888. The zero-order valence-electron chi connectivity index (χ0n) is 19.8. The smallest absolute Gasteiger partial charge is 0.227 e. The molecule has 1 aromatic carbocycles. The highest BCUT2D eigenvalue weighted by molar-refractivity contribution is 5.79. The second-order valence-corrected chi connectivity index (χ2v) is 10.3. The van der Waals surface area contributed by atoms with Crippen molar-refractivity contribution in [3.05, 3.63) is 34.9 Å². The molecule has 0 saturated carbocycles. The molecule has 32 heavy (non-hydrogen) atoms. The molecule has 0 radical (unpaired) electrons. The number of aryl methyl sites for hydroxylation is 2. The number of fused-ring (bicyclic) bond motifs is 1. The van der Waals surface area contributed by atoms with E-state index in [1.165, 1.54) is 24.0 Å². The summed E-state index contributed by atoms with van der Waals surface area (Å²) >= 11 is 0. The molecule has 0 aromatic heterocycles. The number of hydrogen-bond donors (Lipinski definition) is 0. The summed E-state index contributed by atoms with van der Waals surface area (Å²) in [6.07, 6.45) is 4.16. The first-order valence-corrected chi connectivity index (χ1v) is 12.6. The number of carbonyl (C=O) groups excluding carboxylic acids is 1. The van der Waals surface area contributed by atoms with Crippen molar-refractivity contribution in [1.29, 1.82) is 0 Å². The Labute approximate surface area is 192 Å². The van der Waals surface area contributed by atoms with Crippen molar-refractivity contribution in [3.63, 3.8) is 0 Å². The fourth-order valence-electron chi connectivity index (χ4n) is 6.21. The molecule has 4 atom stereocenters. The van der Waals surface area contributed by atoms with Crippen LogP contribution in [0.5, 0.6) is 0 Å². The first kappa shape index (κ1) is 22.3. The van der Waals surface area contributed by atoms with Crippen LogP contribution in [0.15, 0.2) is 18.2 Å². The normalized spacial score (nSPS) is 31.8. The minimum Gasteiger partial charge on any atom is -0.381 e. The molecule has 6 heteroatoms. The summed E-state index contributed by atoms with van der Waals surface area (Å²) < 4.78 is 11.8. The number of rotatable bonds is 5. The van der Waals surface area contributed by atoms with Crippen molar-refractivity contribution >= 4 is 5.91 Å². The predicted molar refractivity (Wildman–Crippen MR) is 125 cm³/mol. The largest absolute Gasteiger partial charge is 0.381 e. The van der Waals surface area contributed by atoms with Crippen molar-refractivity contribution in [1.82, 2.24) is 14.7 Å². The number of hydrogen-bond acceptors (Lipinski definition) is 5. The Morgan fingerprint density at radius 3 is 2.53 bits per heavy atom. The molecule has 6 nitrogen and oxygen atoms in total. The number of carbonyl (C=O) groups is 1. The SMILES string of the molecule is Cc1ccc(CC(=O)N2CCN(CC3CCOC3)C3COCC(N4CCCC4)[C@H]32)cc1C. The summed E-state index contributed by atoms with van der Waals surface area (Å²) in [5, 5.41) is 0.